The minimum absolute atomic E-state index is 0.429. The molecule has 5 rings (SSSR count). The van der Waals surface area contributed by atoms with E-state index in [4.69, 9.17) is 4.98 Å². The van der Waals surface area contributed by atoms with Crippen LogP contribution in [0.4, 0.5) is 0 Å². The second-order valence-corrected chi connectivity index (χ2v) is 10.9. The van der Waals surface area contributed by atoms with Crippen LogP contribution in [0, 0.1) is 11.8 Å². The first kappa shape index (κ1) is 22.7. The Kier molecular flexibility index (Phi) is 5.93. The summed E-state index contributed by atoms with van der Waals surface area (Å²) in [5.74, 6) is 1.62. The van der Waals surface area contributed by atoms with Gasteiger partial charge in [-0.05, 0) is 58.7 Å². The molecule has 5 aromatic rings. The van der Waals surface area contributed by atoms with Crippen LogP contribution in [-0.2, 0) is 12.8 Å². The normalized spacial score (nSPS) is 12.3. The van der Waals surface area contributed by atoms with Gasteiger partial charge in [0.25, 0.3) is 0 Å². The molecule has 2 heterocycles. The molecule has 174 valence electrons. The molecule has 0 radical (unpaired) electrons. The lowest BCUT2D eigenvalue weighted by Gasteiger charge is -2.19. The van der Waals surface area contributed by atoms with Crippen molar-refractivity contribution < 1.29 is 0 Å². The van der Waals surface area contributed by atoms with E-state index in [0.717, 1.165) is 18.5 Å². The Hall–Kier alpha value is -3.13. The van der Waals surface area contributed by atoms with Gasteiger partial charge >= 0.3 is 0 Å². The van der Waals surface area contributed by atoms with Gasteiger partial charge in [0.2, 0.25) is 0 Å². The summed E-state index contributed by atoms with van der Waals surface area (Å²) in [6.45, 7) is 13.8. The zero-order valence-electron chi connectivity index (χ0n) is 21.4. The Bertz CT molecular complexity index is 1460. The molecule has 2 nitrogen and oxygen atoms in total. The van der Waals surface area contributed by atoms with Gasteiger partial charge in [-0.15, -0.1) is 0 Å². The summed E-state index contributed by atoms with van der Waals surface area (Å²) in [5, 5.41) is 3.87. The highest BCUT2D eigenvalue weighted by atomic mass is 15.0. The van der Waals surface area contributed by atoms with Crippen LogP contribution in [0.3, 0.4) is 0 Å². The van der Waals surface area contributed by atoms with Gasteiger partial charge in [-0.3, -0.25) is 4.40 Å². The molecule has 0 aliphatic rings. The van der Waals surface area contributed by atoms with Gasteiger partial charge in [-0.2, -0.15) is 0 Å². The molecule has 0 aliphatic carbocycles. The van der Waals surface area contributed by atoms with Gasteiger partial charge in [0.05, 0.1) is 17.4 Å². The van der Waals surface area contributed by atoms with Crippen molar-refractivity contribution in [3.63, 3.8) is 0 Å². The average molecular weight is 449 g/mol. The summed E-state index contributed by atoms with van der Waals surface area (Å²) in [6, 6.07) is 22.4. The molecule has 0 atom stereocenters. The molecule has 2 aromatic heterocycles. The predicted molar refractivity (Wildman–Crippen MR) is 147 cm³/mol. The zero-order valence-corrected chi connectivity index (χ0v) is 21.4. The van der Waals surface area contributed by atoms with Crippen molar-refractivity contribution in [3.8, 4) is 11.3 Å². The van der Waals surface area contributed by atoms with E-state index in [0.29, 0.717) is 17.8 Å². The molecular formula is C32H36N2. The SMILES string of the molecule is CC(C)Cc1cccc(CC(C)C)c1-c1cnc2c3c(C(C)C)cccc3c3ccccc3n12. The quantitative estimate of drug-likeness (QED) is 0.237. The van der Waals surface area contributed by atoms with Gasteiger partial charge in [0.1, 0.15) is 5.65 Å². The lowest BCUT2D eigenvalue weighted by molar-refractivity contribution is 0.637. The van der Waals surface area contributed by atoms with Crippen molar-refractivity contribution in [1.29, 1.82) is 0 Å². The smallest absolute Gasteiger partial charge is 0.145 e. The van der Waals surface area contributed by atoms with Crippen molar-refractivity contribution in [1.82, 2.24) is 9.38 Å². The third-order valence-corrected chi connectivity index (χ3v) is 6.89. The largest absolute Gasteiger partial charge is 0.292 e. The number of hydrogen-bond acceptors (Lipinski definition) is 1. The molecule has 34 heavy (non-hydrogen) atoms. The number of imidazole rings is 1. The first-order chi connectivity index (χ1) is 16.4. The van der Waals surface area contributed by atoms with Crippen molar-refractivity contribution in [2.24, 2.45) is 11.8 Å². The number of pyridine rings is 1. The van der Waals surface area contributed by atoms with Gasteiger partial charge < -0.3 is 0 Å². The topological polar surface area (TPSA) is 17.3 Å². The molecule has 0 N–H and O–H groups in total. The van der Waals surface area contributed by atoms with Crippen LogP contribution in [0.25, 0.3) is 38.6 Å². The molecule has 0 saturated heterocycles. The molecule has 0 amide bonds. The summed E-state index contributed by atoms with van der Waals surface area (Å²) < 4.78 is 2.44. The van der Waals surface area contributed by atoms with Crippen LogP contribution in [0.1, 0.15) is 64.2 Å². The fraction of sp³-hybridized carbons (Fsp3) is 0.344. The number of aromatic nitrogens is 2. The summed E-state index contributed by atoms with van der Waals surface area (Å²) in [5.41, 5.74) is 9.12. The average Bonchev–Trinajstić information content (AvgIpc) is 3.23. The van der Waals surface area contributed by atoms with Gasteiger partial charge in [0.15, 0.2) is 0 Å². The number of para-hydroxylation sites is 1. The third-order valence-electron chi connectivity index (χ3n) is 6.89. The van der Waals surface area contributed by atoms with Crippen LogP contribution in [0.15, 0.2) is 66.9 Å². The number of benzene rings is 3. The van der Waals surface area contributed by atoms with E-state index in [-0.39, 0.29) is 0 Å². The maximum absolute atomic E-state index is 5.12. The Labute approximate surface area is 203 Å². The highest BCUT2D eigenvalue weighted by Gasteiger charge is 2.21. The van der Waals surface area contributed by atoms with Crippen LogP contribution in [-0.4, -0.2) is 9.38 Å². The molecule has 3 aromatic carbocycles. The lowest BCUT2D eigenvalue weighted by atomic mass is 9.89. The highest BCUT2D eigenvalue weighted by molar-refractivity contribution is 6.13. The number of fused-ring (bicyclic) bond motifs is 6. The van der Waals surface area contributed by atoms with Gasteiger partial charge in [-0.1, -0.05) is 96.1 Å². The minimum atomic E-state index is 0.429. The predicted octanol–water partition coefficient (Wildman–Crippen LogP) is 8.83. The third kappa shape index (κ3) is 3.79. The van der Waals surface area contributed by atoms with Gasteiger partial charge in [-0.25, -0.2) is 4.98 Å². The highest BCUT2D eigenvalue weighted by Crippen LogP contribution is 2.39. The van der Waals surface area contributed by atoms with E-state index in [2.05, 4.69) is 113 Å². The van der Waals surface area contributed by atoms with E-state index in [1.165, 1.54) is 49.6 Å². The maximum Gasteiger partial charge on any atom is 0.145 e. The summed E-state index contributed by atoms with van der Waals surface area (Å²) >= 11 is 0. The Balaban J connectivity index is 1.95. The molecule has 0 spiro atoms. The molecule has 2 heteroatoms. The van der Waals surface area contributed by atoms with Crippen molar-refractivity contribution in [3.05, 3.63) is 83.6 Å². The Morgan fingerprint density at radius 3 is 1.97 bits per heavy atom. The minimum Gasteiger partial charge on any atom is -0.292 e. The summed E-state index contributed by atoms with van der Waals surface area (Å²) in [7, 11) is 0. The van der Waals surface area contributed by atoms with Crippen LogP contribution in [0.2, 0.25) is 0 Å². The standard InChI is InChI=1S/C32H36N2/c1-20(2)17-23-11-9-12-24(18-21(3)4)30(23)29-19-33-32-31-25(22(5)6)14-10-15-27(31)26-13-7-8-16-28(26)34(29)32/h7-16,19-22H,17-18H2,1-6H3. The van der Waals surface area contributed by atoms with Crippen LogP contribution >= 0.6 is 0 Å². The fourth-order valence-electron chi connectivity index (χ4n) is 5.57. The number of rotatable bonds is 6. The van der Waals surface area contributed by atoms with E-state index in [9.17, 15) is 0 Å². The van der Waals surface area contributed by atoms with Crippen molar-refractivity contribution in [2.75, 3.05) is 0 Å². The van der Waals surface area contributed by atoms with Gasteiger partial charge in [0, 0.05) is 16.3 Å². The van der Waals surface area contributed by atoms with E-state index in [1.807, 2.05) is 0 Å². The van der Waals surface area contributed by atoms with Crippen LogP contribution in [0.5, 0.6) is 0 Å². The summed E-state index contributed by atoms with van der Waals surface area (Å²) in [6.07, 6.45) is 4.26. The Morgan fingerprint density at radius 1 is 0.706 bits per heavy atom. The summed E-state index contributed by atoms with van der Waals surface area (Å²) in [4.78, 5) is 5.12. The molecule has 0 aliphatic heterocycles. The van der Waals surface area contributed by atoms with E-state index < -0.39 is 0 Å². The molecule has 0 saturated carbocycles. The second-order valence-electron chi connectivity index (χ2n) is 10.9. The lowest BCUT2D eigenvalue weighted by Crippen LogP contribution is -2.05. The second kappa shape index (κ2) is 8.91. The van der Waals surface area contributed by atoms with E-state index in [1.54, 1.807) is 0 Å². The van der Waals surface area contributed by atoms with Crippen molar-refractivity contribution in [2.45, 2.75) is 60.3 Å². The molecule has 0 fully saturated rings. The Morgan fingerprint density at radius 2 is 1.32 bits per heavy atom. The monoisotopic (exact) mass is 448 g/mol. The maximum atomic E-state index is 5.12. The zero-order chi connectivity index (χ0) is 24.0. The molecule has 0 unspecified atom stereocenters. The molecule has 0 bridgehead atoms. The fourth-order valence-corrected chi connectivity index (χ4v) is 5.57. The first-order valence-corrected chi connectivity index (χ1v) is 12.8. The number of hydrogen-bond donors (Lipinski definition) is 0. The van der Waals surface area contributed by atoms with Crippen molar-refractivity contribution >= 4 is 27.3 Å². The molecular weight excluding hydrogens is 412 g/mol. The van der Waals surface area contributed by atoms with Crippen LogP contribution < -0.4 is 0 Å². The number of nitrogens with zero attached hydrogens (tertiary/aromatic N) is 2. The first-order valence-electron chi connectivity index (χ1n) is 12.8. The van der Waals surface area contributed by atoms with E-state index >= 15 is 0 Å².